The molecule has 0 atom stereocenters. The Hall–Kier alpha value is -2.33. The van der Waals surface area contributed by atoms with Crippen molar-refractivity contribution < 1.29 is 14.3 Å². The second-order valence-corrected chi connectivity index (χ2v) is 5.16. The molecule has 2 aromatic carbocycles. The van der Waals surface area contributed by atoms with Crippen LogP contribution < -0.4 is 0 Å². The number of hydrogen-bond acceptors (Lipinski definition) is 1. The molecule has 3 nitrogen and oxygen atoms in total. The third-order valence-electron chi connectivity index (χ3n) is 3.37. The minimum Gasteiger partial charge on any atom is -0.478 e. The van der Waals surface area contributed by atoms with Crippen molar-refractivity contribution >= 4 is 28.5 Å². The van der Waals surface area contributed by atoms with Crippen LogP contribution in [0.25, 0.3) is 10.9 Å². The Kier molecular flexibility index (Phi) is 3.39. The van der Waals surface area contributed by atoms with E-state index in [1.54, 1.807) is 35.0 Å². The number of rotatable bonds is 3. The molecule has 1 N–H and O–H groups in total. The summed E-state index contributed by atoms with van der Waals surface area (Å²) in [5.74, 6) is -1.41. The van der Waals surface area contributed by atoms with E-state index in [4.69, 9.17) is 11.6 Å². The molecule has 0 bridgehead atoms. The van der Waals surface area contributed by atoms with Gasteiger partial charge in [0.2, 0.25) is 0 Å². The molecule has 0 saturated carbocycles. The number of para-hydroxylation sites is 1. The fourth-order valence-electron chi connectivity index (χ4n) is 2.40. The summed E-state index contributed by atoms with van der Waals surface area (Å²) in [6.45, 7) is 0.247. The van der Waals surface area contributed by atoms with Gasteiger partial charge in [0.1, 0.15) is 5.82 Å². The number of aromatic carboxylic acids is 1. The predicted octanol–water partition coefficient (Wildman–Crippen LogP) is 4.18. The molecule has 0 amide bonds. The molecule has 0 saturated heterocycles. The van der Waals surface area contributed by atoms with E-state index in [9.17, 15) is 14.3 Å². The van der Waals surface area contributed by atoms with Crippen LogP contribution in [0.5, 0.6) is 0 Å². The fourth-order valence-corrected chi connectivity index (χ4v) is 2.56. The van der Waals surface area contributed by atoms with Gasteiger partial charge in [-0.05, 0) is 24.3 Å². The van der Waals surface area contributed by atoms with Gasteiger partial charge in [-0.25, -0.2) is 9.18 Å². The Morgan fingerprint density at radius 2 is 2.05 bits per heavy atom. The molecule has 0 radical (unpaired) electrons. The van der Waals surface area contributed by atoms with Gasteiger partial charge in [0.15, 0.2) is 0 Å². The number of nitrogens with zero attached hydrogens (tertiary/aromatic N) is 1. The van der Waals surface area contributed by atoms with E-state index in [1.165, 1.54) is 6.07 Å². The van der Waals surface area contributed by atoms with Crippen molar-refractivity contribution in [3.8, 4) is 0 Å². The van der Waals surface area contributed by atoms with E-state index in [0.29, 0.717) is 16.1 Å². The molecular weight excluding hydrogens is 293 g/mol. The van der Waals surface area contributed by atoms with E-state index in [1.807, 2.05) is 12.1 Å². The van der Waals surface area contributed by atoms with Crippen LogP contribution in [0.1, 0.15) is 15.9 Å². The normalized spacial score (nSPS) is 11.0. The minimum atomic E-state index is -1.00. The lowest BCUT2D eigenvalue weighted by atomic mass is 10.1. The van der Waals surface area contributed by atoms with Gasteiger partial charge >= 0.3 is 5.97 Å². The molecule has 106 valence electrons. The van der Waals surface area contributed by atoms with E-state index in [2.05, 4.69) is 0 Å². The molecule has 0 spiro atoms. The van der Waals surface area contributed by atoms with Gasteiger partial charge < -0.3 is 9.67 Å². The molecule has 0 aliphatic rings. The molecule has 1 heterocycles. The van der Waals surface area contributed by atoms with Gasteiger partial charge in [-0.15, -0.1) is 0 Å². The highest BCUT2D eigenvalue weighted by Crippen LogP contribution is 2.23. The van der Waals surface area contributed by atoms with Crippen LogP contribution >= 0.6 is 11.6 Å². The quantitative estimate of drug-likeness (QED) is 0.788. The van der Waals surface area contributed by atoms with Gasteiger partial charge in [0, 0.05) is 22.2 Å². The first-order valence-electron chi connectivity index (χ1n) is 6.31. The number of carbonyl (C=O) groups is 1. The Bertz CT molecular complexity index is 841. The maximum absolute atomic E-state index is 13.9. The number of carboxylic acids is 1. The van der Waals surface area contributed by atoms with Crippen LogP contribution in [-0.4, -0.2) is 15.6 Å². The summed E-state index contributed by atoms with van der Waals surface area (Å²) in [4.78, 5) is 11.3. The van der Waals surface area contributed by atoms with Crippen LogP contribution in [-0.2, 0) is 6.54 Å². The summed E-state index contributed by atoms with van der Waals surface area (Å²) in [5.41, 5.74) is 1.24. The van der Waals surface area contributed by atoms with Gasteiger partial charge in [0.25, 0.3) is 0 Å². The largest absolute Gasteiger partial charge is 0.478 e. The number of benzene rings is 2. The summed E-state index contributed by atoms with van der Waals surface area (Å²) in [6.07, 6.45) is 1.76. The first-order chi connectivity index (χ1) is 10.1. The average molecular weight is 304 g/mol. The average Bonchev–Trinajstić information content (AvgIpc) is 2.85. The number of halogens is 2. The van der Waals surface area contributed by atoms with Crippen molar-refractivity contribution in [3.05, 3.63) is 70.6 Å². The summed E-state index contributed by atoms with van der Waals surface area (Å²) in [6, 6.07) is 11.3. The van der Waals surface area contributed by atoms with Crippen molar-refractivity contribution in [2.24, 2.45) is 0 Å². The zero-order chi connectivity index (χ0) is 15.0. The van der Waals surface area contributed by atoms with E-state index < -0.39 is 11.8 Å². The van der Waals surface area contributed by atoms with Gasteiger partial charge in [-0.1, -0.05) is 29.8 Å². The molecule has 3 aromatic rings. The van der Waals surface area contributed by atoms with E-state index >= 15 is 0 Å². The Morgan fingerprint density at radius 1 is 1.24 bits per heavy atom. The second-order valence-electron chi connectivity index (χ2n) is 4.73. The molecule has 5 heteroatoms. The zero-order valence-corrected chi connectivity index (χ0v) is 11.6. The standard InChI is InChI=1S/C16H11ClFNO2/c17-12-5-4-11(14(18)8-12)9-19-7-6-10-2-1-3-13(15(10)19)16(20)21/h1-8H,9H2,(H,20,21). The lowest BCUT2D eigenvalue weighted by Gasteiger charge is -2.09. The van der Waals surface area contributed by atoms with Crippen LogP contribution in [0.3, 0.4) is 0 Å². The van der Waals surface area contributed by atoms with Gasteiger partial charge in [-0.3, -0.25) is 0 Å². The first-order valence-corrected chi connectivity index (χ1v) is 6.69. The minimum absolute atomic E-state index is 0.201. The van der Waals surface area contributed by atoms with Crippen molar-refractivity contribution in [1.29, 1.82) is 0 Å². The number of aromatic nitrogens is 1. The highest BCUT2D eigenvalue weighted by Gasteiger charge is 2.13. The lowest BCUT2D eigenvalue weighted by Crippen LogP contribution is -2.05. The van der Waals surface area contributed by atoms with Crippen LogP contribution in [0, 0.1) is 5.82 Å². The Morgan fingerprint density at radius 3 is 2.76 bits per heavy atom. The molecule has 3 rings (SSSR count). The summed E-state index contributed by atoms with van der Waals surface area (Å²) >= 11 is 5.74. The number of fused-ring (bicyclic) bond motifs is 1. The summed E-state index contributed by atoms with van der Waals surface area (Å²) < 4.78 is 15.6. The monoisotopic (exact) mass is 303 g/mol. The number of carboxylic acid groups (broad SMARTS) is 1. The van der Waals surface area contributed by atoms with Crippen LogP contribution in [0.15, 0.2) is 48.7 Å². The topological polar surface area (TPSA) is 42.2 Å². The maximum atomic E-state index is 13.9. The summed E-state index contributed by atoms with van der Waals surface area (Å²) in [5, 5.41) is 10.4. The third kappa shape index (κ3) is 2.50. The van der Waals surface area contributed by atoms with Crippen molar-refractivity contribution in [2.75, 3.05) is 0 Å². The predicted molar refractivity (Wildman–Crippen MR) is 79.4 cm³/mol. The van der Waals surface area contributed by atoms with Crippen LogP contribution in [0.4, 0.5) is 4.39 Å². The SMILES string of the molecule is O=C(O)c1cccc2ccn(Cc3ccc(Cl)cc3F)c12. The van der Waals surface area contributed by atoms with E-state index in [-0.39, 0.29) is 12.1 Å². The number of hydrogen-bond donors (Lipinski definition) is 1. The molecular formula is C16H11ClFNO2. The summed E-state index contributed by atoms with van der Waals surface area (Å²) in [7, 11) is 0. The van der Waals surface area contributed by atoms with Gasteiger partial charge in [0.05, 0.1) is 17.6 Å². The first kappa shape index (κ1) is 13.6. The molecule has 0 aliphatic carbocycles. The fraction of sp³-hybridized carbons (Fsp3) is 0.0625. The Labute approximate surface area is 125 Å². The molecule has 0 unspecified atom stereocenters. The smallest absolute Gasteiger partial charge is 0.337 e. The second kappa shape index (κ2) is 5.22. The third-order valence-corrected chi connectivity index (χ3v) is 3.61. The lowest BCUT2D eigenvalue weighted by molar-refractivity contribution is 0.0698. The van der Waals surface area contributed by atoms with Crippen molar-refractivity contribution in [1.82, 2.24) is 4.57 Å². The zero-order valence-electron chi connectivity index (χ0n) is 10.9. The van der Waals surface area contributed by atoms with Gasteiger partial charge in [-0.2, -0.15) is 0 Å². The molecule has 0 fully saturated rings. The van der Waals surface area contributed by atoms with Crippen molar-refractivity contribution in [3.63, 3.8) is 0 Å². The Balaban J connectivity index is 2.11. The van der Waals surface area contributed by atoms with Crippen molar-refractivity contribution in [2.45, 2.75) is 6.54 Å². The maximum Gasteiger partial charge on any atom is 0.337 e. The van der Waals surface area contributed by atoms with Crippen LogP contribution in [0.2, 0.25) is 5.02 Å². The van der Waals surface area contributed by atoms with E-state index in [0.717, 1.165) is 5.39 Å². The highest BCUT2D eigenvalue weighted by atomic mass is 35.5. The molecule has 0 aliphatic heterocycles. The molecule has 21 heavy (non-hydrogen) atoms. The molecule has 1 aromatic heterocycles. The highest BCUT2D eigenvalue weighted by molar-refractivity contribution is 6.30.